The summed E-state index contributed by atoms with van der Waals surface area (Å²) in [6.07, 6.45) is 0.970. The number of aromatic nitrogens is 2. The van der Waals surface area contributed by atoms with Crippen LogP contribution in [-0.2, 0) is 6.42 Å². The maximum Gasteiger partial charge on any atom is 0.125 e. The summed E-state index contributed by atoms with van der Waals surface area (Å²) in [7, 11) is 0. The van der Waals surface area contributed by atoms with E-state index >= 15 is 0 Å². The molecule has 0 aliphatic carbocycles. The predicted octanol–water partition coefficient (Wildman–Crippen LogP) is 3.32. The fourth-order valence-electron chi connectivity index (χ4n) is 2.34. The SMILES string of the molecule is CC(C)NCCc1nnc(C2CSc3ccccc32)s1. The summed E-state index contributed by atoms with van der Waals surface area (Å²) in [5, 5.41) is 14.5. The molecule has 1 unspecified atom stereocenters. The van der Waals surface area contributed by atoms with E-state index < -0.39 is 0 Å². The van der Waals surface area contributed by atoms with Gasteiger partial charge < -0.3 is 5.32 Å². The van der Waals surface area contributed by atoms with E-state index in [2.05, 4.69) is 53.6 Å². The number of benzene rings is 1. The lowest BCUT2D eigenvalue weighted by atomic mass is 10.0. The molecule has 1 N–H and O–H groups in total. The molecule has 20 heavy (non-hydrogen) atoms. The molecule has 3 nitrogen and oxygen atoms in total. The number of fused-ring (bicyclic) bond motifs is 1. The Hall–Kier alpha value is -0.910. The molecule has 0 amide bonds. The van der Waals surface area contributed by atoms with E-state index in [4.69, 9.17) is 0 Å². The van der Waals surface area contributed by atoms with E-state index in [1.807, 2.05) is 11.8 Å². The first-order chi connectivity index (χ1) is 9.74. The molecule has 0 radical (unpaired) electrons. The molecule has 1 aliphatic rings. The van der Waals surface area contributed by atoms with E-state index in [0.29, 0.717) is 12.0 Å². The van der Waals surface area contributed by atoms with Gasteiger partial charge >= 0.3 is 0 Å². The van der Waals surface area contributed by atoms with Crippen molar-refractivity contribution in [2.24, 2.45) is 0 Å². The lowest BCUT2D eigenvalue weighted by Gasteiger charge is -2.06. The summed E-state index contributed by atoms with van der Waals surface area (Å²) in [5.74, 6) is 1.53. The van der Waals surface area contributed by atoms with Crippen molar-refractivity contribution < 1.29 is 0 Å². The second-order valence-corrected chi connectivity index (χ2v) is 7.45. The Morgan fingerprint density at radius 3 is 3.00 bits per heavy atom. The van der Waals surface area contributed by atoms with Gasteiger partial charge in [-0.1, -0.05) is 32.0 Å². The van der Waals surface area contributed by atoms with Gasteiger partial charge in [0.2, 0.25) is 0 Å². The van der Waals surface area contributed by atoms with Gasteiger partial charge in [0.05, 0.1) is 0 Å². The minimum Gasteiger partial charge on any atom is -0.314 e. The number of rotatable bonds is 5. The van der Waals surface area contributed by atoms with Crippen molar-refractivity contribution in [1.82, 2.24) is 15.5 Å². The van der Waals surface area contributed by atoms with Gasteiger partial charge in [0, 0.05) is 35.6 Å². The molecular weight excluding hydrogens is 286 g/mol. The Morgan fingerprint density at radius 2 is 2.15 bits per heavy atom. The summed E-state index contributed by atoms with van der Waals surface area (Å²) in [4.78, 5) is 1.40. The largest absolute Gasteiger partial charge is 0.314 e. The maximum absolute atomic E-state index is 4.42. The van der Waals surface area contributed by atoms with Crippen LogP contribution in [0.15, 0.2) is 29.2 Å². The smallest absolute Gasteiger partial charge is 0.125 e. The first-order valence-corrected chi connectivity index (χ1v) is 8.81. The van der Waals surface area contributed by atoms with Crippen LogP contribution >= 0.6 is 23.1 Å². The molecule has 1 aliphatic heterocycles. The van der Waals surface area contributed by atoms with Crippen molar-refractivity contribution in [2.45, 2.75) is 37.1 Å². The van der Waals surface area contributed by atoms with Crippen LogP contribution in [0, 0.1) is 0 Å². The van der Waals surface area contributed by atoms with Gasteiger partial charge in [-0.3, -0.25) is 0 Å². The summed E-state index contributed by atoms with van der Waals surface area (Å²) in [5.41, 5.74) is 1.42. The first-order valence-electron chi connectivity index (χ1n) is 7.01. The first kappa shape index (κ1) is 14.0. The molecule has 0 saturated carbocycles. The van der Waals surface area contributed by atoms with E-state index in [0.717, 1.165) is 23.7 Å². The Kier molecular flexibility index (Phi) is 4.38. The van der Waals surface area contributed by atoms with Crippen molar-refractivity contribution in [3.05, 3.63) is 39.8 Å². The highest BCUT2D eigenvalue weighted by atomic mass is 32.2. The van der Waals surface area contributed by atoms with Crippen molar-refractivity contribution >= 4 is 23.1 Å². The Bertz CT molecular complexity index is 580. The normalized spacial score (nSPS) is 17.6. The molecular formula is C15H19N3S2. The fraction of sp³-hybridized carbons (Fsp3) is 0.467. The van der Waals surface area contributed by atoms with Crippen LogP contribution in [0.4, 0.5) is 0 Å². The highest BCUT2D eigenvalue weighted by Gasteiger charge is 2.27. The lowest BCUT2D eigenvalue weighted by Crippen LogP contribution is -2.24. The summed E-state index contributed by atoms with van der Waals surface area (Å²) >= 11 is 3.70. The van der Waals surface area contributed by atoms with E-state index in [9.17, 15) is 0 Å². The van der Waals surface area contributed by atoms with Crippen molar-refractivity contribution in [2.75, 3.05) is 12.3 Å². The third-order valence-corrected chi connectivity index (χ3v) is 5.65. The zero-order chi connectivity index (χ0) is 13.9. The summed E-state index contributed by atoms with van der Waals surface area (Å²) in [6, 6.07) is 9.18. The zero-order valence-electron chi connectivity index (χ0n) is 11.8. The molecule has 1 aromatic carbocycles. The lowest BCUT2D eigenvalue weighted by molar-refractivity contribution is 0.588. The predicted molar refractivity (Wildman–Crippen MR) is 85.8 cm³/mol. The van der Waals surface area contributed by atoms with Gasteiger partial charge in [-0.15, -0.1) is 33.3 Å². The second kappa shape index (κ2) is 6.24. The number of nitrogens with zero attached hydrogens (tertiary/aromatic N) is 2. The van der Waals surface area contributed by atoms with Crippen LogP contribution in [0.25, 0.3) is 0 Å². The van der Waals surface area contributed by atoms with Gasteiger partial charge in [-0.05, 0) is 11.6 Å². The van der Waals surface area contributed by atoms with E-state index in [1.165, 1.54) is 15.5 Å². The Labute approximate surface area is 128 Å². The molecule has 5 heteroatoms. The number of hydrogen-bond acceptors (Lipinski definition) is 5. The third kappa shape index (κ3) is 3.05. The molecule has 0 saturated heterocycles. The zero-order valence-corrected chi connectivity index (χ0v) is 13.4. The monoisotopic (exact) mass is 305 g/mol. The van der Waals surface area contributed by atoms with E-state index in [1.54, 1.807) is 11.3 Å². The standard InChI is InChI=1S/C15H19N3S2/c1-10(2)16-8-7-14-17-18-15(20-14)12-9-19-13-6-4-3-5-11(12)13/h3-6,10,12,16H,7-9H2,1-2H3. The quantitative estimate of drug-likeness (QED) is 0.919. The summed E-state index contributed by atoms with van der Waals surface area (Å²) < 4.78 is 0. The second-order valence-electron chi connectivity index (χ2n) is 5.29. The van der Waals surface area contributed by atoms with Gasteiger partial charge in [-0.25, -0.2) is 0 Å². The molecule has 0 spiro atoms. The highest BCUT2D eigenvalue weighted by molar-refractivity contribution is 7.99. The number of nitrogens with one attached hydrogen (secondary N) is 1. The third-order valence-electron chi connectivity index (χ3n) is 3.37. The van der Waals surface area contributed by atoms with Gasteiger partial charge in [-0.2, -0.15) is 0 Å². The summed E-state index contributed by atoms with van der Waals surface area (Å²) in [6.45, 7) is 5.30. The van der Waals surface area contributed by atoms with Crippen LogP contribution in [0.3, 0.4) is 0 Å². The Balaban J connectivity index is 1.69. The molecule has 106 valence electrons. The molecule has 2 aromatic rings. The Morgan fingerprint density at radius 1 is 1.30 bits per heavy atom. The molecule has 0 fully saturated rings. The average molecular weight is 305 g/mol. The molecule has 2 heterocycles. The molecule has 3 rings (SSSR count). The highest BCUT2D eigenvalue weighted by Crippen LogP contribution is 2.43. The van der Waals surface area contributed by atoms with Crippen molar-refractivity contribution in [1.29, 1.82) is 0 Å². The van der Waals surface area contributed by atoms with Crippen LogP contribution in [-0.4, -0.2) is 28.5 Å². The molecule has 1 atom stereocenters. The van der Waals surface area contributed by atoms with Crippen molar-refractivity contribution in [3.63, 3.8) is 0 Å². The molecule has 1 aromatic heterocycles. The van der Waals surface area contributed by atoms with Crippen LogP contribution in [0.1, 0.15) is 35.3 Å². The van der Waals surface area contributed by atoms with Crippen LogP contribution < -0.4 is 5.32 Å². The van der Waals surface area contributed by atoms with Crippen LogP contribution in [0.2, 0.25) is 0 Å². The minimum absolute atomic E-state index is 0.431. The fourth-order valence-corrected chi connectivity index (χ4v) is 4.65. The van der Waals surface area contributed by atoms with Gasteiger partial charge in [0.15, 0.2) is 0 Å². The average Bonchev–Trinajstić information content (AvgIpc) is 3.04. The van der Waals surface area contributed by atoms with Crippen LogP contribution in [0.5, 0.6) is 0 Å². The molecule has 0 bridgehead atoms. The van der Waals surface area contributed by atoms with E-state index in [-0.39, 0.29) is 0 Å². The minimum atomic E-state index is 0.431. The number of thioether (sulfide) groups is 1. The maximum atomic E-state index is 4.42. The van der Waals surface area contributed by atoms with Gasteiger partial charge in [0.1, 0.15) is 10.0 Å². The number of hydrogen-bond donors (Lipinski definition) is 1. The van der Waals surface area contributed by atoms with Crippen molar-refractivity contribution in [3.8, 4) is 0 Å². The topological polar surface area (TPSA) is 37.8 Å². The van der Waals surface area contributed by atoms with Gasteiger partial charge in [0.25, 0.3) is 0 Å².